The van der Waals surface area contributed by atoms with Gasteiger partial charge in [0.1, 0.15) is 11.6 Å². The van der Waals surface area contributed by atoms with Crippen molar-refractivity contribution in [2.24, 2.45) is 0 Å². The molecular formula is C27H26F2N2O2. The molecule has 6 heteroatoms. The monoisotopic (exact) mass is 448 g/mol. The Morgan fingerprint density at radius 1 is 0.848 bits per heavy atom. The number of nitrogens with one attached hydrogen (secondary N) is 1. The molecule has 0 saturated carbocycles. The van der Waals surface area contributed by atoms with Gasteiger partial charge in [0, 0.05) is 35.2 Å². The summed E-state index contributed by atoms with van der Waals surface area (Å²) < 4.78 is 27.4. The number of anilines is 2. The molecule has 1 amide bonds. The lowest BCUT2D eigenvalue weighted by Gasteiger charge is -2.50. The lowest BCUT2D eigenvalue weighted by Crippen LogP contribution is -2.47. The summed E-state index contributed by atoms with van der Waals surface area (Å²) >= 11 is 0. The van der Waals surface area contributed by atoms with Crippen molar-refractivity contribution in [2.45, 2.75) is 37.5 Å². The van der Waals surface area contributed by atoms with Crippen LogP contribution in [0.15, 0.2) is 60.7 Å². The molecule has 0 fully saturated rings. The number of halogens is 2. The fourth-order valence-corrected chi connectivity index (χ4v) is 5.68. The van der Waals surface area contributed by atoms with Gasteiger partial charge >= 0.3 is 6.09 Å². The molecule has 3 aromatic rings. The molecule has 0 bridgehead atoms. The van der Waals surface area contributed by atoms with Gasteiger partial charge in [-0.05, 0) is 59.9 Å². The molecule has 0 radical (unpaired) electrons. The number of nitrogens with zero attached hydrogens (tertiary/aromatic N) is 1. The van der Waals surface area contributed by atoms with Crippen LogP contribution in [0, 0.1) is 11.6 Å². The highest BCUT2D eigenvalue weighted by atomic mass is 19.1. The van der Waals surface area contributed by atoms with Gasteiger partial charge in [0.15, 0.2) is 0 Å². The minimum absolute atomic E-state index is 0.272. The molecule has 5 rings (SSSR count). The van der Waals surface area contributed by atoms with E-state index < -0.39 is 11.5 Å². The van der Waals surface area contributed by atoms with Crippen LogP contribution >= 0.6 is 0 Å². The summed E-state index contributed by atoms with van der Waals surface area (Å²) in [6.45, 7) is 5.89. The molecule has 2 atom stereocenters. The van der Waals surface area contributed by atoms with E-state index in [1.54, 1.807) is 12.1 Å². The predicted molar refractivity (Wildman–Crippen MR) is 125 cm³/mol. The van der Waals surface area contributed by atoms with Crippen molar-refractivity contribution >= 4 is 17.5 Å². The summed E-state index contributed by atoms with van der Waals surface area (Å²) in [5, 5.41) is 12.2. The fraction of sp³-hybridized carbons (Fsp3) is 0.296. The molecule has 3 aromatic carbocycles. The molecule has 0 saturated heterocycles. The minimum Gasteiger partial charge on any atom is -0.465 e. The smallest absolute Gasteiger partial charge is 0.409 e. The van der Waals surface area contributed by atoms with Gasteiger partial charge in [0.25, 0.3) is 0 Å². The molecule has 170 valence electrons. The van der Waals surface area contributed by atoms with E-state index >= 15 is 0 Å². The molecule has 0 spiro atoms. The summed E-state index contributed by atoms with van der Waals surface area (Å²) in [6, 6.07) is 17.0. The lowest BCUT2D eigenvalue weighted by atomic mass is 9.64. The average Bonchev–Trinajstić information content (AvgIpc) is 2.78. The Bertz CT molecular complexity index is 1220. The Hall–Kier alpha value is -3.41. The Kier molecular flexibility index (Phi) is 4.92. The topological polar surface area (TPSA) is 52.6 Å². The van der Waals surface area contributed by atoms with Gasteiger partial charge in [-0.2, -0.15) is 0 Å². The largest absolute Gasteiger partial charge is 0.465 e. The number of carboxylic acid groups (broad SMARTS) is 1. The molecule has 2 heterocycles. The van der Waals surface area contributed by atoms with Crippen molar-refractivity contribution in [1.29, 1.82) is 0 Å². The van der Waals surface area contributed by atoms with E-state index in [0.29, 0.717) is 5.69 Å². The van der Waals surface area contributed by atoms with Crippen molar-refractivity contribution in [3.05, 3.63) is 94.6 Å². The van der Waals surface area contributed by atoms with E-state index in [-0.39, 0.29) is 17.0 Å². The van der Waals surface area contributed by atoms with Crippen LogP contribution in [0.2, 0.25) is 0 Å². The van der Waals surface area contributed by atoms with Gasteiger partial charge in [0.05, 0.1) is 5.69 Å². The molecule has 4 nitrogen and oxygen atoms in total. The highest BCUT2D eigenvalue weighted by Crippen LogP contribution is 2.55. The van der Waals surface area contributed by atoms with Crippen LogP contribution in [0.5, 0.6) is 0 Å². The predicted octanol–water partition coefficient (Wildman–Crippen LogP) is 6.28. The maximum atomic E-state index is 13.7. The first-order valence-corrected chi connectivity index (χ1v) is 11.2. The Labute approximate surface area is 191 Å². The zero-order chi connectivity index (χ0) is 23.4. The second-order valence-electron chi connectivity index (χ2n) is 9.48. The summed E-state index contributed by atoms with van der Waals surface area (Å²) in [4.78, 5) is 14.0. The minimum atomic E-state index is -1.12. The summed E-state index contributed by atoms with van der Waals surface area (Å²) in [7, 11) is 0. The van der Waals surface area contributed by atoms with E-state index in [1.165, 1.54) is 24.3 Å². The summed E-state index contributed by atoms with van der Waals surface area (Å²) in [5.74, 6) is -0.575. The molecule has 0 aromatic heterocycles. The van der Waals surface area contributed by atoms with E-state index in [4.69, 9.17) is 0 Å². The summed E-state index contributed by atoms with van der Waals surface area (Å²) in [5.41, 5.74) is 4.69. The van der Waals surface area contributed by atoms with Crippen LogP contribution in [0.25, 0.3) is 0 Å². The zero-order valence-corrected chi connectivity index (χ0v) is 18.7. The Morgan fingerprint density at radius 3 is 1.91 bits per heavy atom. The molecule has 0 unspecified atom stereocenters. The zero-order valence-electron chi connectivity index (χ0n) is 18.7. The third-order valence-corrected chi connectivity index (χ3v) is 7.61. The van der Waals surface area contributed by atoms with Crippen molar-refractivity contribution in [1.82, 2.24) is 0 Å². The van der Waals surface area contributed by atoms with Crippen LogP contribution < -0.4 is 10.2 Å². The standard InChI is InChI=1S/C27H26F2N2O2/c1-26(17-3-7-19(28)8-4-17)13-15-31-16-14-27(2,18-5-9-20(29)10-6-18)23-22(30-25(32)33)12-11-21(26)24(23)31/h3-12,30H,13-16H2,1-2H3,(H,32,33)/t26-,27-/m0/s1. The third kappa shape index (κ3) is 3.36. The SMILES string of the molecule is C[C@@]1(c2ccc(F)cc2)CCN2CC[C@@](C)(c3ccc(F)cc3)c3c(NC(=O)O)ccc1c32. The average molecular weight is 449 g/mol. The first-order valence-electron chi connectivity index (χ1n) is 11.2. The Balaban J connectivity index is 1.77. The molecule has 2 aliphatic heterocycles. The van der Waals surface area contributed by atoms with Gasteiger partial charge in [0.2, 0.25) is 0 Å². The third-order valence-electron chi connectivity index (χ3n) is 7.61. The normalized spacial score (nSPS) is 23.7. The number of hydrogen-bond acceptors (Lipinski definition) is 2. The molecule has 0 aliphatic carbocycles. The van der Waals surface area contributed by atoms with Crippen LogP contribution in [0.1, 0.15) is 48.9 Å². The number of carbonyl (C=O) groups is 1. The van der Waals surface area contributed by atoms with Crippen molar-refractivity contribution < 1.29 is 18.7 Å². The highest BCUT2D eigenvalue weighted by Gasteiger charge is 2.46. The number of amides is 1. The van der Waals surface area contributed by atoms with Crippen LogP contribution in [0.3, 0.4) is 0 Å². The van der Waals surface area contributed by atoms with Gasteiger partial charge in [-0.1, -0.05) is 44.2 Å². The van der Waals surface area contributed by atoms with Crippen LogP contribution in [0.4, 0.5) is 25.0 Å². The molecule has 33 heavy (non-hydrogen) atoms. The van der Waals surface area contributed by atoms with Crippen molar-refractivity contribution in [3.63, 3.8) is 0 Å². The summed E-state index contributed by atoms with van der Waals surface area (Å²) in [6.07, 6.45) is 0.516. The second-order valence-corrected chi connectivity index (χ2v) is 9.48. The van der Waals surface area contributed by atoms with Gasteiger partial charge in [-0.3, -0.25) is 5.32 Å². The maximum absolute atomic E-state index is 13.7. The Morgan fingerprint density at radius 2 is 1.36 bits per heavy atom. The van der Waals surface area contributed by atoms with E-state index in [2.05, 4.69) is 24.1 Å². The fourth-order valence-electron chi connectivity index (χ4n) is 5.68. The van der Waals surface area contributed by atoms with Crippen LogP contribution in [-0.2, 0) is 10.8 Å². The quantitative estimate of drug-likeness (QED) is 0.496. The number of hydrogen-bond donors (Lipinski definition) is 2. The lowest BCUT2D eigenvalue weighted by molar-refractivity contribution is 0.209. The second kappa shape index (κ2) is 7.58. The molecule has 2 aliphatic rings. The molecular weight excluding hydrogens is 422 g/mol. The van der Waals surface area contributed by atoms with Gasteiger partial charge in [-0.25, -0.2) is 13.6 Å². The van der Waals surface area contributed by atoms with E-state index in [1.807, 2.05) is 24.3 Å². The first-order chi connectivity index (χ1) is 15.7. The number of rotatable bonds is 3. The van der Waals surface area contributed by atoms with Gasteiger partial charge in [-0.15, -0.1) is 0 Å². The number of benzene rings is 3. The highest BCUT2D eigenvalue weighted by molar-refractivity contribution is 5.89. The van der Waals surface area contributed by atoms with E-state index in [0.717, 1.165) is 53.9 Å². The van der Waals surface area contributed by atoms with Gasteiger partial charge < -0.3 is 10.0 Å². The van der Waals surface area contributed by atoms with E-state index in [9.17, 15) is 18.7 Å². The first kappa shape index (κ1) is 21.4. The van der Waals surface area contributed by atoms with Crippen LogP contribution in [-0.4, -0.2) is 24.3 Å². The van der Waals surface area contributed by atoms with Crippen molar-refractivity contribution in [3.8, 4) is 0 Å². The molecule has 2 N–H and O–H groups in total. The van der Waals surface area contributed by atoms with Crippen molar-refractivity contribution in [2.75, 3.05) is 23.3 Å². The maximum Gasteiger partial charge on any atom is 0.409 e.